The zero-order chi connectivity index (χ0) is 14.5. The summed E-state index contributed by atoms with van der Waals surface area (Å²) in [6.07, 6.45) is 0.173. The van der Waals surface area contributed by atoms with Gasteiger partial charge in [0.1, 0.15) is 5.75 Å². The molecule has 0 unspecified atom stereocenters. The number of hydrogen-bond acceptors (Lipinski definition) is 2. The highest BCUT2D eigenvalue weighted by Crippen LogP contribution is 2.25. The van der Waals surface area contributed by atoms with E-state index in [9.17, 15) is 0 Å². The Labute approximate surface area is 138 Å². The SMILES string of the molecule is CC(C)Oc1ccccc1CNc1ccc(Cl)cc1I. The molecule has 0 radical (unpaired) electrons. The maximum atomic E-state index is 5.96. The summed E-state index contributed by atoms with van der Waals surface area (Å²) in [5, 5.41) is 4.18. The Morgan fingerprint density at radius 1 is 1.20 bits per heavy atom. The molecule has 1 N–H and O–H groups in total. The first-order valence-corrected chi connectivity index (χ1v) is 7.95. The molecule has 0 bridgehead atoms. The lowest BCUT2D eigenvalue weighted by molar-refractivity contribution is 0.240. The van der Waals surface area contributed by atoms with Crippen molar-refractivity contribution in [2.24, 2.45) is 0 Å². The van der Waals surface area contributed by atoms with Crippen LogP contribution in [0.5, 0.6) is 5.75 Å². The first-order valence-electron chi connectivity index (χ1n) is 6.49. The second-order valence-corrected chi connectivity index (χ2v) is 6.35. The molecule has 106 valence electrons. The van der Waals surface area contributed by atoms with Gasteiger partial charge in [-0.05, 0) is 60.7 Å². The number of para-hydroxylation sites is 1. The standard InChI is InChI=1S/C16H17ClINO/c1-11(2)20-16-6-4-3-5-12(16)10-19-15-8-7-13(17)9-14(15)18/h3-9,11,19H,10H2,1-2H3. The molecule has 2 aromatic rings. The van der Waals surface area contributed by atoms with Gasteiger partial charge in [0.2, 0.25) is 0 Å². The Balaban J connectivity index is 2.10. The Morgan fingerprint density at radius 2 is 1.95 bits per heavy atom. The first kappa shape index (κ1) is 15.4. The van der Waals surface area contributed by atoms with Crippen molar-refractivity contribution >= 4 is 39.9 Å². The molecule has 0 fully saturated rings. The zero-order valence-electron chi connectivity index (χ0n) is 11.5. The molecule has 2 rings (SSSR count). The van der Waals surface area contributed by atoms with Gasteiger partial charge in [-0.15, -0.1) is 0 Å². The number of nitrogens with one attached hydrogen (secondary N) is 1. The molecule has 20 heavy (non-hydrogen) atoms. The van der Waals surface area contributed by atoms with E-state index in [1.54, 1.807) is 0 Å². The van der Waals surface area contributed by atoms with Crippen molar-refractivity contribution < 1.29 is 4.74 Å². The molecule has 0 aliphatic carbocycles. The normalized spacial score (nSPS) is 10.7. The van der Waals surface area contributed by atoms with Crippen LogP contribution in [0.1, 0.15) is 19.4 Å². The summed E-state index contributed by atoms with van der Waals surface area (Å²) in [6, 6.07) is 13.9. The molecule has 0 amide bonds. The second-order valence-electron chi connectivity index (χ2n) is 4.75. The van der Waals surface area contributed by atoms with Crippen molar-refractivity contribution in [2.75, 3.05) is 5.32 Å². The number of benzene rings is 2. The van der Waals surface area contributed by atoms with E-state index in [0.29, 0.717) is 0 Å². The third-order valence-corrected chi connectivity index (χ3v) is 3.86. The van der Waals surface area contributed by atoms with Gasteiger partial charge < -0.3 is 10.1 Å². The van der Waals surface area contributed by atoms with Crippen LogP contribution in [0.3, 0.4) is 0 Å². The van der Waals surface area contributed by atoms with Crippen molar-refractivity contribution in [3.63, 3.8) is 0 Å². The van der Waals surface area contributed by atoms with E-state index in [1.165, 1.54) is 0 Å². The Kier molecular flexibility index (Phi) is 5.54. The van der Waals surface area contributed by atoms with E-state index in [4.69, 9.17) is 16.3 Å². The highest BCUT2D eigenvalue weighted by Gasteiger charge is 2.06. The van der Waals surface area contributed by atoms with Crippen molar-refractivity contribution in [1.29, 1.82) is 0 Å². The largest absolute Gasteiger partial charge is 0.491 e. The van der Waals surface area contributed by atoms with Crippen LogP contribution in [-0.2, 0) is 6.54 Å². The summed E-state index contributed by atoms with van der Waals surface area (Å²) < 4.78 is 6.93. The van der Waals surface area contributed by atoms with E-state index < -0.39 is 0 Å². The topological polar surface area (TPSA) is 21.3 Å². The first-order chi connectivity index (χ1) is 9.56. The molecule has 2 nitrogen and oxygen atoms in total. The van der Waals surface area contributed by atoms with Gasteiger partial charge in [0.05, 0.1) is 6.10 Å². The number of anilines is 1. The molecule has 0 aliphatic heterocycles. The summed E-state index contributed by atoms with van der Waals surface area (Å²) in [5.74, 6) is 0.930. The Morgan fingerprint density at radius 3 is 2.65 bits per heavy atom. The number of ether oxygens (including phenoxy) is 1. The quantitative estimate of drug-likeness (QED) is 0.683. The number of rotatable bonds is 5. The predicted molar refractivity (Wildman–Crippen MR) is 93.7 cm³/mol. The fourth-order valence-electron chi connectivity index (χ4n) is 1.84. The lowest BCUT2D eigenvalue weighted by Gasteiger charge is -2.15. The lowest BCUT2D eigenvalue weighted by atomic mass is 10.2. The molecule has 0 aromatic heterocycles. The third-order valence-electron chi connectivity index (χ3n) is 2.74. The number of hydrogen-bond donors (Lipinski definition) is 1. The van der Waals surface area contributed by atoms with Crippen LogP contribution >= 0.6 is 34.2 Å². The molecular weight excluding hydrogens is 385 g/mol. The maximum Gasteiger partial charge on any atom is 0.124 e. The minimum atomic E-state index is 0.173. The van der Waals surface area contributed by atoms with Gasteiger partial charge >= 0.3 is 0 Å². The molecule has 0 saturated heterocycles. The average molecular weight is 402 g/mol. The van der Waals surface area contributed by atoms with Gasteiger partial charge in [0, 0.05) is 26.4 Å². The monoisotopic (exact) mass is 401 g/mol. The van der Waals surface area contributed by atoms with E-state index in [1.807, 2.05) is 50.2 Å². The van der Waals surface area contributed by atoms with Gasteiger partial charge in [-0.3, -0.25) is 0 Å². The second kappa shape index (κ2) is 7.18. The van der Waals surface area contributed by atoms with Crippen LogP contribution in [0.25, 0.3) is 0 Å². The van der Waals surface area contributed by atoms with Crippen LogP contribution in [-0.4, -0.2) is 6.10 Å². The van der Waals surface area contributed by atoms with Crippen LogP contribution in [0.4, 0.5) is 5.69 Å². The summed E-state index contributed by atoms with van der Waals surface area (Å²) in [6.45, 7) is 4.79. The molecule has 4 heteroatoms. The predicted octanol–water partition coefficient (Wildman–Crippen LogP) is 5.34. The molecule has 2 aromatic carbocycles. The summed E-state index contributed by atoms with van der Waals surface area (Å²) >= 11 is 8.24. The summed E-state index contributed by atoms with van der Waals surface area (Å²) in [7, 11) is 0. The summed E-state index contributed by atoms with van der Waals surface area (Å²) in [4.78, 5) is 0. The molecule has 0 aliphatic rings. The highest BCUT2D eigenvalue weighted by atomic mass is 127. The fraction of sp³-hybridized carbons (Fsp3) is 0.250. The van der Waals surface area contributed by atoms with E-state index in [2.05, 4.69) is 34.0 Å². The minimum absolute atomic E-state index is 0.173. The molecular formula is C16H17ClINO. The smallest absolute Gasteiger partial charge is 0.124 e. The lowest BCUT2D eigenvalue weighted by Crippen LogP contribution is -2.09. The van der Waals surface area contributed by atoms with Gasteiger partial charge in [-0.2, -0.15) is 0 Å². The highest BCUT2D eigenvalue weighted by molar-refractivity contribution is 14.1. The average Bonchev–Trinajstić information content (AvgIpc) is 2.39. The molecule has 0 spiro atoms. The van der Waals surface area contributed by atoms with Crippen molar-refractivity contribution in [3.05, 3.63) is 56.6 Å². The number of halogens is 2. The minimum Gasteiger partial charge on any atom is -0.491 e. The molecule has 0 heterocycles. The molecule has 0 atom stereocenters. The van der Waals surface area contributed by atoms with E-state index >= 15 is 0 Å². The van der Waals surface area contributed by atoms with Crippen LogP contribution in [0.2, 0.25) is 5.02 Å². The van der Waals surface area contributed by atoms with Crippen LogP contribution < -0.4 is 10.1 Å². The van der Waals surface area contributed by atoms with Crippen LogP contribution in [0, 0.1) is 3.57 Å². The van der Waals surface area contributed by atoms with Gasteiger partial charge in [0.25, 0.3) is 0 Å². The summed E-state index contributed by atoms with van der Waals surface area (Å²) in [5.41, 5.74) is 2.22. The van der Waals surface area contributed by atoms with Crippen molar-refractivity contribution in [2.45, 2.75) is 26.5 Å². The van der Waals surface area contributed by atoms with E-state index in [-0.39, 0.29) is 6.10 Å². The fourth-order valence-corrected chi connectivity index (χ4v) is 2.90. The van der Waals surface area contributed by atoms with E-state index in [0.717, 1.165) is 32.1 Å². The Bertz CT molecular complexity index is 586. The van der Waals surface area contributed by atoms with Gasteiger partial charge in [-0.1, -0.05) is 29.8 Å². The maximum absolute atomic E-state index is 5.96. The van der Waals surface area contributed by atoms with Crippen molar-refractivity contribution in [1.82, 2.24) is 0 Å². The third kappa shape index (κ3) is 4.28. The Hall–Kier alpha value is -0.940. The molecule has 0 saturated carbocycles. The van der Waals surface area contributed by atoms with Gasteiger partial charge in [-0.25, -0.2) is 0 Å². The zero-order valence-corrected chi connectivity index (χ0v) is 14.4. The van der Waals surface area contributed by atoms with Crippen molar-refractivity contribution in [3.8, 4) is 5.75 Å². The van der Waals surface area contributed by atoms with Crippen LogP contribution in [0.15, 0.2) is 42.5 Å². The van der Waals surface area contributed by atoms with Gasteiger partial charge in [0.15, 0.2) is 0 Å².